The molecule has 0 radical (unpaired) electrons. The minimum absolute atomic E-state index is 0.00617. The average molecular weight is 458 g/mol. The van der Waals surface area contributed by atoms with Crippen molar-refractivity contribution in [2.45, 2.75) is 62.1 Å². The van der Waals surface area contributed by atoms with Crippen LogP contribution in [0.25, 0.3) is 0 Å². The number of thioether (sulfide) groups is 1. The molecule has 164 valence electrons. The lowest BCUT2D eigenvalue weighted by molar-refractivity contribution is -0.128. The number of rotatable bonds is 4. The lowest BCUT2D eigenvalue weighted by Gasteiger charge is -2.36. The summed E-state index contributed by atoms with van der Waals surface area (Å²) in [6.07, 6.45) is 3.87. The van der Waals surface area contributed by atoms with Gasteiger partial charge in [0.05, 0.1) is 11.3 Å². The van der Waals surface area contributed by atoms with Gasteiger partial charge in [0.15, 0.2) is 4.75 Å². The zero-order valence-corrected chi connectivity index (χ0v) is 19.8. The topological polar surface area (TPSA) is 78.5 Å². The Hall–Kier alpha value is -2.32. The summed E-state index contributed by atoms with van der Waals surface area (Å²) in [5.41, 5.74) is 2.40. The molecule has 0 saturated carbocycles. The fourth-order valence-electron chi connectivity index (χ4n) is 4.11. The molecule has 0 spiro atoms. The number of anilines is 2. The SMILES string of the molecule is CC(C)NC(=O)c1c(NC(=O)C2(C)Sc3ccccc3N(C)C2=O)sc2c1CCCC2. The summed E-state index contributed by atoms with van der Waals surface area (Å²) >= 11 is 2.73. The van der Waals surface area contributed by atoms with E-state index in [1.807, 2.05) is 38.1 Å². The summed E-state index contributed by atoms with van der Waals surface area (Å²) in [6.45, 7) is 5.49. The van der Waals surface area contributed by atoms with Crippen LogP contribution in [0.3, 0.4) is 0 Å². The first-order valence-electron chi connectivity index (χ1n) is 10.6. The maximum atomic E-state index is 13.5. The fourth-order valence-corrected chi connectivity index (χ4v) is 6.65. The maximum absolute atomic E-state index is 13.5. The predicted molar refractivity (Wildman–Crippen MR) is 126 cm³/mol. The number of nitrogens with zero attached hydrogens (tertiary/aromatic N) is 1. The number of nitrogens with one attached hydrogen (secondary N) is 2. The zero-order valence-electron chi connectivity index (χ0n) is 18.2. The summed E-state index contributed by atoms with van der Waals surface area (Å²) in [6, 6.07) is 7.56. The molecule has 2 aliphatic rings. The van der Waals surface area contributed by atoms with Crippen molar-refractivity contribution >= 4 is 51.5 Å². The third-order valence-electron chi connectivity index (χ3n) is 5.73. The highest BCUT2D eigenvalue weighted by Crippen LogP contribution is 2.46. The average Bonchev–Trinajstić information content (AvgIpc) is 3.09. The normalized spacial score (nSPS) is 20.3. The van der Waals surface area contributed by atoms with E-state index < -0.39 is 10.7 Å². The van der Waals surface area contributed by atoms with E-state index in [0.29, 0.717) is 10.6 Å². The number of hydrogen-bond acceptors (Lipinski definition) is 5. The molecule has 2 aromatic rings. The van der Waals surface area contributed by atoms with Crippen LogP contribution in [0.1, 0.15) is 54.4 Å². The number of para-hydroxylation sites is 1. The second-order valence-electron chi connectivity index (χ2n) is 8.46. The number of carbonyl (C=O) groups excluding carboxylic acids is 3. The molecular weight excluding hydrogens is 430 g/mol. The van der Waals surface area contributed by atoms with Gasteiger partial charge in [-0.2, -0.15) is 0 Å². The molecule has 0 bridgehead atoms. The van der Waals surface area contributed by atoms with Crippen molar-refractivity contribution in [3.63, 3.8) is 0 Å². The van der Waals surface area contributed by atoms with Crippen molar-refractivity contribution in [1.82, 2.24) is 5.32 Å². The number of amides is 3. The van der Waals surface area contributed by atoms with Gasteiger partial charge in [0.1, 0.15) is 5.00 Å². The molecule has 4 rings (SSSR count). The second kappa shape index (κ2) is 8.31. The van der Waals surface area contributed by atoms with Gasteiger partial charge in [0.25, 0.3) is 17.7 Å². The van der Waals surface area contributed by atoms with E-state index in [4.69, 9.17) is 0 Å². The third kappa shape index (κ3) is 3.87. The highest BCUT2D eigenvalue weighted by molar-refractivity contribution is 8.02. The highest BCUT2D eigenvalue weighted by Gasteiger charge is 2.48. The van der Waals surface area contributed by atoms with Crippen LogP contribution in [-0.2, 0) is 22.4 Å². The molecule has 0 fully saturated rings. The molecule has 1 aliphatic carbocycles. The number of hydrogen-bond donors (Lipinski definition) is 2. The molecule has 1 atom stereocenters. The number of fused-ring (bicyclic) bond motifs is 2. The van der Waals surface area contributed by atoms with E-state index >= 15 is 0 Å². The van der Waals surface area contributed by atoms with Crippen molar-refractivity contribution in [3.8, 4) is 0 Å². The molecule has 2 heterocycles. The molecule has 0 saturated heterocycles. The van der Waals surface area contributed by atoms with Gasteiger partial charge in [0.2, 0.25) is 0 Å². The van der Waals surface area contributed by atoms with Crippen LogP contribution in [0.15, 0.2) is 29.2 Å². The highest BCUT2D eigenvalue weighted by atomic mass is 32.2. The van der Waals surface area contributed by atoms with Gasteiger partial charge in [-0.15, -0.1) is 11.3 Å². The molecule has 8 heteroatoms. The van der Waals surface area contributed by atoms with E-state index in [1.165, 1.54) is 28.0 Å². The van der Waals surface area contributed by atoms with E-state index in [0.717, 1.165) is 46.7 Å². The molecule has 3 amide bonds. The molecule has 1 aromatic heterocycles. The summed E-state index contributed by atoms with van der Waals surface area (Å²) in [5.74, 6) is -0.843. The fraction of sp³-hybridized carbons (Fsp3) is 0.435. The summed E-state index contributed by atoms with van der Waals surface area (Å²) < 4.78 is -1.32. The van der Waals surface area contributed by atoms with Crippen LogP contribution < -0.4 is 15.5 Å². The summed E-state index contributed by atoms with van der Waals surface area (Å²) in [7, 11) is 1.69. The van der Waals surface area contributed by atoms with Crippen LogP contribution in [0.2, 0.25) is 0 Å². The molecule has 2 N–H and O–H groups in total. The Bertz CT molecular complexity index is 1060. The van der Waals surface area contributed by atoms with Crippen molar-refractivity contribution < 1.29 is 14.4 Å². The lowest BCUT2D eigenvalue weighted by atomic mass is 9.95. The van der Waals surface area contributed by atoms with Crippen LogP contribution >= 0.6 is 23.1 Å². The smallest absolute Gasteiger partial charge is 0.254 e. The first kappa shape index (κ1) is 21.9. The predicted octanol–water partition coefficient (Wildman–Crippen LogP) is 4.23. The van der Waals surface area contributed by atoms with Crippen LogP contribution in [0, 0.1) is 0 Å². The lowest BCUT2D eigenvalue weighted by Crippen LogP contribution is -2.53. The Morgan fingerprint density at radius 1 is 1.16 bits per heavy atom. The molecule has 1 unspecified atom stereocenters. The van der Waals surface area contributed by atoms with Crippen LogP contribution in [-0.4, -0.2) is 35.6 Å². The summed E-state index contributed by atoms with van der Waals surface area (Å²) in [4.78, 5) is 43.2. The van der Waals surface area contributed by atoms with Crippen molar-refractivity contribution in [2.24, 2.45) is 0 Å². The van der Waals surface area contributed by atoms with Gasteiger partial charge in [0, 0.05) is 22.9 Å². The number of aryl methyl sites for hydroxylation is 1. The minimum atomic E-state index is -1.32. The standard InChI is InChI=1S/C23H27N3O3S2/c1-13(2)24-19(27)18-14-9-5-7-11-16(14)30-20(18)25-21(28)23(3)22(29)26(4)15-10-6-8-12-17(15)31-23/h6,8,10,12-13H,5,7,9,11H2,1-4H3,(H,24,27)(H,25,28). The molecule has 1 aliphatic heterocycles. The largest absolute Gasteiger partial charge is 0.350 e. The quantitative estimate of drug-likeness (QED) is 0.674. The monoisotopic (exact) mass is 457 g/mol. The maximum Gasteiger partial charge on any atom is 0.254 e. The van der Waals surface area contributed by atoms with Crippen molar-refractivity contribution in [2.75, 3.05) is 17.3 Å². The number of thiophene rings is 1. The van der Waals surface area contributed by atoms with Gasteiger partial charge >= 0.3 is 0 Å². The number of benzene rings is 1. The Kier molecular flexibility index (Phi) is 5.87. The first-order valence-corrected chi connectivity index (χ1v) is 12.2. The van der Waals surface area contributed by atoms with Gasteiger partial charge < -0.3 is 15.5 Å². The Balaban J connectivity index is 1.68. The number of carbonyl (C=O) groups is 3. The van der Waals surface area contributed by atoms with Gasteiger partial charge in [-0.25, -0.2) is 0 Å². The minimum Gasteiger partial charge on any atom is -0.350 e. The van der Waals surface area contributed by atoms with Crippen LogP contribution in [0.4, 0.5) is 10.7 Å². The van der Waals surface area contributed by atoms with Gasteiger partial charge in [-0.1, -0.05) is 23.9 Å². The molecular formula is C23H27N3O3S2. The molecule has 6 nitrogen and oxygen atoms in total. The van der Waals surface area contributed by atoms with E-state index in [1.54, 1.807) is 14.0 Å². The third-order valence-corrected chi connectivity index (χ3v) is 8.27. The Labute approximate surface area is 190 Å². The van der Waals surface area contributed by atoms with E-state index in [2.05, 4.69) is 10.6 Å². The zero-order chi connectivity index (χ0) is 22.3. The Morgan fingerprint density at radius 2 is 1.87 bits per heavy atom. The van der Waals surface area contributed by atoms with Gasteiger partial charge in [-0.05, 0) is 64.2 Å². The van der Waals surface area contributed by atoms with Crippen molar-refractivity contribution in [3.05, 3.63) is 40.3 Å². The van der Waals surface area contributed by atoms with Gasteiger partial charge in [-0.3, -0.25) is 14.4 Å². The van der Waals surface area contributed by atoms with E-state index in [-0.39, 0.29) is 17.9 Å². The van der Waals surface area contributed by atoms with E-state index in [9.17, 15) is 14.4 Å². The van der Waals surface area contributed by atoms with Crippen molar-refractivity contribution in [1.29, 1.82) is 0 Å². The second-order valence-corrected chi connectivity index (χ2v) is 11.0. The Morgan fingerprint density at radius 3 is 2.61 bits per heavy atom. The van der Waals surface area contributed by atoms with Crippen LogP contribution in [0.5, 0.6) is 0 Å². The molecule has 1 aromatic carbocycles. The summed E-state index contributed by atoms with van der Waals surface area (Å²) in [5, 5.41) is 6.47. The molecule has 31 heavy (non-hydrogen) atoms. The first-order chi connectivity index (χ1) is 14.7.